The van der Waals surface area contributed by atoms with Gasteiger partial charge in [0, 0.05) is 11.6 Å². The van der Waals surface area contributed by atoms with Gasteiger partial charge in [-0.25, -0.2) is 4.79 Å². The molecule has 0 spiro atoms. The summed E-state index contributed by atoms with van der Waals surface area (Å²) in [5.74, 6) is 1.73. The topological polar surface area (TPSA) is 92.9 Å². The minimum Gasteiger partial charge on any atom is -0.493 e. The quantitative estimate of drug-likeness (QED) is 0.387. The Bertz CT molecular complexity index is 1030. The fraction of sp³-hybridized carbons (Fsp3) is 0.227. The van der Waals surface area contributed by atoms with Crippen LogP contribution in [0.5, 0.6) is 17.2 Å². The highest BCUT2D eigenvalue weighted by atomic mass is 16.6. The Morgan fingerprint density at radius 2 is 1.87 bits per heavy atom. The Hall–Kier alpha value is -3.81. The van der Waals surface area contributed by atoms with Gasteiger partial charge in [-0.3, -0.25) is 0 Å². The number of benzene rings is 2. The van der Waals surface area contributed by atoms with Gasteiger partial charge in [0.25, 0.3) is 5.89 Å². The average Bonchev–Trinajstić information content (AvgIpc) is 3.25. The Balaban J connectivity index is 1.63. The fourth-order valence-electron chi connectivity index (χ4n) is 2.74. The molecule has 0 saturated carbocycles. The van der Waals surface area contributed by atoms with Crippen LogP contribution in [0.3, 0.4) is 0 Å². The number of esters is 1. The lowest BCUT2D eigenvalue weighted by molar-refractivity contribution is -0.139. The molecule has 0 aliphatic rings. The van der Waals surface area contributed by atoms with Crippen LogP contribution in [0.4, 0.5) is 0 Å². The number of para-hydroxylation sites is 2. The van der Waals surface area contributed by atoms with Crippen molar-refractivity contribution < 1.29 is 28.3 Å². The summed E-state index contributed by atoms with van der Waals surface area (Å²) in [6.07, 6.45) is 2.88. The number of rotatable bonds is 9. The molecule has 0 N–H and O–H groups in total. The Morgan fingerprint density at radius 1 is 1.07 bits per heavy atom. The minimum atomic E-state index is -0.561. The van der Waals surface area contributed by atoms with E-state index >= 15 is 0 Å². The van der Waals surface area contributed by atoms with Crippen molar-refractivity contribution in [3.63, 3.8) is 0 Å². The molecule has 0 aliphatic carbocycles. The van der Waals surface area contributed by atoms with E-state index < -0.39 is 5.97 Å². The third-order valence-electron chi connectivity index (χ3n) is 4.07. The van der Waals surface area contributed by atoms with Crippen LogP contribution in [0.25, 0.3) is 17.5 Å². The number of aromatic nitrogens is 2. The molecule has 156 valence electrons. The van der Waals surface area contributed by atoms with Gasteiger partial charge < -0.3 is 23.5 Å². The van der Waals surface area contributed by atoms with Crippen molar-refractivity contribution in [1.82, 2.24) is 10.1 Å². The zero-order valence-electron chi connectivity index (χ0n) is 17.0. The first kappa shape index (κ1) is 20.9. The number of carbonyl (C=O) groups excluding carboxylic acids is 1. The van der Waals surface area contributed by atoms with Crippen LogP contribution in [0.1, 0.15) is 18.4 Å². The summed E-state index contributed by atoms with van der Waals surface area (Å²) in [6.45, 7) is 2.26. The standard InChI is InChI=1S/C22H22N2O6/c1-4-28-17-10-6-5-9-16(17)22-23-19(30-24-22)14-29-20(25)13-12-15-8-7-11-18(26-2)21(15)27-3/h5-13H,4,14H2,1-3H3/b13-12+. The summed E-state index contributed by atoms with van der Waals surface area (Å²) in [5, 5.41) is 3.94. The molecule has 0 fully saturated rings. The van der Waals surface area contributed by atoms with Gasteiger partial charge in [-0.15, -0.1) is 0 Å². The minimum absolute atomic E-state index is 0.151. The first-order valence-electron chi connectivity index (χ1n) is 9.26. The van der Waals surface area contributed by atoms with Crippen molar-refractivity contribution in [2.75, 3.05) is 20.8 Å². The van der Waals surface area contributed by atoms with Gasteiger partial charge in [0.2, 0.25) is 5.82 Å². The SMILES string of the molecule is CCOc1ccccc1-c1noc(COC(=O)/C=C/c2cccc(OC)c2OC)n1. The van der Waals surface area contributed by atoms with E-state index in [1.165, 1.54) is 13.2 Å². The molecule has 8 nitrogen and oxygen atoms in total. The number of ether oxygens (including phenoxy) is 4. The molecule has 3 aromatic rings. The van der Waals surface area contributed by atoms with Crippen molar-refractivity contribution in [1.29, 1.82) is 0 Å². The van der Waals surface area contributed by atoms with Gasteiger partial charge in [-0.2, -0.15) is 4.98 Å². The molecule has 0 radical (unpaired) electrons. The van der Waals surface area contributed by atoms with E-state index in [1.54, 1.807) is 31.4 Å². The number of nitrogens with zero attached hydrogens (tertiary/aromatic N) is 2. The summed E-state index contributed by atoms with van der Waals surface area (Å²) in [4.78, 5) is 16.3. The third-order valence-corrected chi connectivity index (χ3v) is 4.07. The summed E-state index contributed by atoms with van der Waals surface area (Å²) >= 11 is 0. The van der Waals surface area contributed by atoms with Crippen molar-refractivity contribution >= 4 is 12.0 Å². The van der Waals surface area contributed by atoms with Gasteiger partial charge in [-0.1, -0.05) is 29.4 Å². The second-order valence-corrected chi connectivity index (χ2v) is 5.96. The second-order valence-electron chi connectivity index (χ2n) is 5.96. The van der Waals surface area contributed by atoms with Gasteiger partial charge in [0.15, 0.2) is 18.1 Å². The zero-order chi connectivity index (χ0) is 21.3. The molecule has 0 saturated heterocycles. The van der Waals surface area contributed by atoms with Gasteiger partial charge in [-0.05, 0) is 31.2 Å². The van der Waals surface area contributed by atoms with Crippen LogP contribution in [-0.2, 0) is 16.1 Å². The van der Waals surface area contributed by atoms with E-state index in [1.807, 2.05) is 31.2 Å². The van der Waals surface area contributed by atoms with Crippen LogP contribution < -0.4 is 14.2 Å². The highest BCUT2D eigenvalue weighted by molar-refractivity contribution is 5.87. The molecule has 3 rings (SSSR count). The summed E-state index contributed by atoms with van der Waals surface area (Å²) in [6, 6.07) is 12.7. The van der Waals surface area contributed by atoms with Crippen molar-refractivity contribution in [2.24, 2.45) is 0 Å². The first-order chi connectivity index (χ1) is 14.7. The number of hydrogen-bond acceptors (Lipinski definition) is 8. The monoisotopic (exact) mass is 410 g/mol. The lowest BCUT2D eigenvalue weighted by atomic mass is 10.1. The van der Waals surface area contributed by atoms with E-state index in [0.717, 1.165) is 0 Å². The summed E-state index contributed by atoms with van der Waals surface area (Å²) in [7, 11) is 3.08. The van der Waals surface area contributed by atoms with Crippen molar-refractivity contribution in [3.8, 4) is 28.6 Å². The Labute approximate surface area is 174 Å². The zero-order valence-corrected chi connectivity index (χ0v) is 17.0. The first-order valence-corrected chi connectivity index (χ1v) is 9.26. The predicted octanol–water partition coefficient (Wildman–Crippen LogP) is 3.91. The lowest BCUT2D eigenvalue weighted by Crippen LogP contribution is -2.01. The summed E-state index contributed by atoms with van der Waals surface area (Å²) < 4.78 is 26.5. The fourth-order valence-corrected chi connectivity index (χ4v) is 2.74. The molecule has 0 amide bonds. The molecule has 1 heterocycles. The molecule has 1 aromatic heterocycles. The second kappa shape index (κ2) is 10.1. The Morgan fingerprint density at radius 3 is 2.63 bits per heavy atom. The maximum absolute atomic E-state index is 12.1. The molecule has 30 heavy (non-hydrogen) atoms. The molecule has 0 aliphatic heterocycles. The smallest absolute Gasteiger partial charge is 0.331 e. The van der Waals surface area contributed by atoms with Gasteiger partial charge in [0.1, 0.15) is 5.75 Å². The molecule has 2 aromatic carbocycles. The maximum atomic E-state index is 12.1. The van der Waals surface area contributed by atoms with Crippen molar-refractivity contribution in [3.05, 3.63) is 60.0 Å². The number of hydrogen-bond donors (Lipinski definition) is 0. The maximum Gasteiger partial charge on any atom is 0.331 e. The number of carbonyl (C=O) groups is 1. The van der Waals surface area contributed by atoms with E-state index in [9.17, 15) is 4.79 Å². The van der Waals surface area contributed by atoms with Crippen LogP contribution in [0.15, 0.2) is 53.1 Å². The lowest BCUT2D eigenvalue weighted by Gasteiger charge is -2.09. The largest absolute Gasteiger partial charge is 0.493 e. The molecule has 0 unspecified atom stereocenters. The van der Waals surface area contributed by atoms with Gasteiger partial charge in [0.05, 0.1) is 26.4 Å². The van der Waals surface area contributed by atoms with Crippen LogP contribution >= 0.6 is 0 Å². The predicted molar refractivity (Wildman–Crippen MR) is 109 cm³/mol. The molecule has 0 bridgehead atoms. The molecule has 0 atom stereocenters. The van der Waals surface area contributed by atoms with Crippen LogP contribution in [0.2, 0.25) is 0 Å². The molecular weight excluding hydrogens is 388 g/mol. The highest BCUT2D eigenvalue weighted by Gasteiger charge is 2.14. The van der Waals surface area contributed by atoms with E-state index in [0.29, 0.717) is 40.8 Å². The molecular formula is C22H22N2O6. The van der Waals surface area contributed by atoms with E-state index in [2.05, 4.69) is 10.1 Å². The third kappa shape index (κ3) is 4.96. The van der Waals surface area contributed by atoms with E-state index in [4.69, 9.17) is 23.5 Å². The normalized spacial score (nSPS) is 10.8. The average molecular weight is 410 g/mol. The van der Waals surface area contributed by atoms with Crippen LogP contribution in [0, 0.1) is 0 Å². The molecule has 8 heteroatoms. The van der Waals surface area contributed by atoms with Crippen molar-refractivity contribution in [2.45, 2.75) is 13.5 Å². The number of methoxy groups -OCH3 is 2. The Kier molecular flexibility index (Phi) is 7.05. The van der Waals surface area contributed by atoms with Crippen LogP contribution in [-0.4, -0.2) is 36.9 Å². The summed E-state index contributed by atoms with van der Waals surface area (Å²) in [5.41, 5.74) is 1.38. The van der Waals surface area contributed by atoms with E-state index in [-0.39, 0.29) is 12.5 Å². The highest BCUT2D eigenvalue weighted by Crippen LogP contribution is 2.31. The van der Waals surface area contributed by atoms with Gasteiger partial charge >= 0.3 is 5.97 Å².